The fourth-order valence-corrected chi connectivity index (χ4v) is 1.72. The zero-order chi connectivity index (χ0) is 13.0. The van der Waals surface area contributed by atoms with Crippen molar-refractivity contribution in [3.05, 3.63) is 48.2 Å². The number of anilines is 1. The zero-order valence-corrected chi connectivity index (χ0v) is 10.1. The number of allylic oxidation sites excluding steroid dienone is 3. The van der Waals surface area contributed by atoms with Crippen LogP contribution in [0, 0.1) is 0 Å². The molecular formula is C14H14N2O2. The predicted octanol–water partition coefficient (Wildman–Crippen LogP) is 3.12. The van der Waals surface area contributed by atoms with Crippen LogP contribution in [0.4, 0.5) is 11.4 Å². The van der Waals surface area contributed by atoms with E-state index in [1.54, 1.807) is 0 Å². The number of aliphatic imine (C=N–C) groups is 1. The Kier molecular flexibility index (Phi) is 3.57. The van der Waals surface area contributed by atoms with E-state index in [4.69, 9.17) is 9.90 Å². The Hall–Kier alpha value is -2.36. The standard InChI is InChI=1S/C12H10N2.C2H4O2/c1-2-6-10-9(5-1)13-11-7-3-4-8-12(11)14-10;1-2(3)4/h1-3,5-8,14H,4H2;1H3,(H,3,4). The topological polar surface area (TPSA) is 61.7 Å². The number of carbonyl (C=O) groups is 1. The van der Waals surface area contributed by atoms with E-state index in [1.807, 2.05) is 18.2 Å². The molecule has 3 rings (SSSR count). The van der Waals surface area contributed by atoms with Crippen LogP contribution in [0.2, 0.25) is 0 Å². The Bertz CT molecular complexity index is 553. The third-order valence-corrected chi connectivity index (χ3v) is 2.42. The first-order chi connectivity index (χ1) is 8.66. The van der Waals surface area contributed by atoms with Gasteiger partial charge in [-0.2, -0.15) is 0 Å². The zero-order valence-electron chi connectivity index (χ0n) is 10.1. The highest BCUT2D eigenvalue weighted by Crippen LogP contribution is 2.31. The summed E-state index contributed by atoms with van der Waals surface area (Å²) in [6.07, 6.45) is 7.34. The van der Waals surface area contributed by atoms with Gasteiger partial charge in [0.05, 0.1) is 22.8 Å². The molecule has 0 saturated heterocycles. The SMILES string of the molecule is C1=CC2=Nc3ccccc3NC2=CC1.CC(=O)O. The number of hydrogen-bond donors (Lipinski definition) is 2. The van der Waals surface area contributed by atoms with Gasteiger partial charge in [0.2, 0.25) is 0 Å². The molecule has 0 atom stereocenters. The van der Waals surface area contributed by atoms with E-state index in [0.29, 0.717) is 0 Å². The monoisotopic (exact) mass is 242 g/mol. The number of benzene rings is 1. The number of fused-ring (bicyclic) bond motifs is 2. The van der Waals surface area contributed by atoms with Gasteiger partial charge in [-0.05, 0) is 24.6 Å². The van der Waals surface area contributed by atoms with Crippen molar-refractivity contribution in [3.8, 4) is 0 Å². The molecule has 4 heteroatoms. The van der Waals surface area contributed by atoms with Crippen molar-refractivity contribution < 1.29 is 9.90 Å². The first-order valence-corrected chi connectivity index (χ1v) is 5.68. The lowest BCUT2D eigenvalue weighted by molar-refractivity contribution is -0.134. The summed E-state index contributed by atoms with van der Waals surface area (Å²) in [5, 5.41) is 10.8. The summed E-state index contributed by atoms with van der Waals surface area (Å²) in [6, 6.07) is 8.10. The van der Waals surface area contributed by atoms with Crippen LogP contribution in [0.1, 0.15) is 13.3 Å². The van der Waals surface area contributed by atoms with Crippen LogP contribution in [0.25, 0.3) is 0 Å². The molecule has 0 fully saturated rings. The molecule has 4 nitrogen and oxygen atoms in total. The minimum absolute atomic E-state index is 0.833. The third kappa shape index (κ3) is 2.85. The minimum Gasteiger partial charge on any atom is -0.481 e. The molecule has 18 heavy (non-hydrogen) atoms. The molecule has 0 saturated carbocycles. The maximum Gasteiger partial charge on any atom is 0.300 e. The molecule has 1 aliphatic heterocycles. The number of nitrogens with zero attached hydrogens (tertiary/aromatic N) is 1. The highest BCUT2D eigenvalue weighted by atomic mass is 16.4. The molecule has 92 valence electrons. The maximum absolute atomic E-state index is 9.00. The Morgan fingerprint density at radius 2 is 2.11 bits per heavy atom. The van der Waals surface area contributed by atoms with Crippen molar-refractivity contribution in [1.29, 1.82) is 0 Å². The Balaban J connectivity index is 0.000000267. The van der Waals surface area contributed by atoms with Gasteiger partial charge in [-0.1, -0.05) is 24.3 Å². The smallest absolute Gasteiger partial charge is 0.300 e. The number of rotatable bonds is 0. The molecule has 0 radical (unpaired) electrons. The molecule has 1 aromatic rings. The Morgan fingerprint density at radius 3 is 2.89 bits per heavy atom. The van der Waals surface area contributed by atoms with Gasteiger partial charge in [0.1, 0.15) is 0 Å². The van der Waals surface area contributed by atoms with Gasteiger partial charge < -0.3 is 10.4 Å². The molecule has 1 aliphatic carbocycles. The molecular weight excluding hydrogens is 228 g/mol. The van der Waals surface area contributed by atoms with E-state index in [9.17, 15) is 0 Å². The van der Waals surface area contributed by atoms with E-state index in [0.717, 1.165) is 36.1 Å². The van der Waals surface area contributed by atoms with Crippen LogP contribution >= 0.6 is 0 Å². The summed E-state index contributed by atoms with van der Waals surface area (Å²) in [5.41, 5.74) is 4.28. The normalized spacial score (nSPS) is 14.9. The quantitative estimate of drug-likeness (QED) is 0.734. The fourth-order valence-electron chi connectivity index (χ4n) is 1.72. The van der Waals surface area contributed by atoms with Crippen molar-refractivity contribution in [2.24, 2.45) is 4.99 Å². The second kappa shape index (κ2) is 5.31. The molecule has 1 aromatic carbocycles. The van der Waals surface area contributed by atoms with E-state index in [2.05, 4.69) is 34.6 Å². The van der Waals surface area contributed by atoms with Gasteiger partial charge in [0, 0.05) is 6.92 Å². The maximum atomic E-state index is 9.00. The van der Waals surface area contributed by atoms with Crippen LogP contribution < -0.4 is 5.32 Å². The van der Waals surface area contributed by atoms with E-state index in [1.165, 1.54) is 0 Å². The highest BCUT2D eigenvalue weighted by molar-refractivity contribution is 6.14. The molecule has 0 spiro atoms. The lowest BCUT2D eigenvalue weighted by Crippen LogP contribution is -2.15. The summed E-state index contributed by atoms with van der Waals surface area (Å²) in [4.78, 5) is 13.6. The van der Waals surface area contributed by atoms with E-state index >= 15 is 0 Å². The van der Waals surface area contributed by atoms with Gasteiger partial charge in [-0.3, -0.25) is 4.79 Å². The molecule has 2 aliphatic rings. The van der Waals surface area contributed by atoms with Gasteiger partial charge in [-0.15, -0.1) is 0 Å². The van der Waals surface area contributed by atoms with Gasteiger partial charge in [0.25, 0.3) is 5.97 Å². The number of aliphatic carboxylic acids is 1. The third-order valence-electron chi connectivity index (χ3n) is 2.42. The van der Waals surface area contributed by atoms with Crippen LogP contribution in [0.3, 0.4) is 0 Å². The van der Waals surface area contributed by atoms with Crippen molar-refractivity contribution in [1.82, 2.24) is 0 Å². The van der Waals surface area contributed by atoms with Crippen LogP contribution in [-0.2, 0) is 4.79 Å². The number of carboxylic acids is 1. The fraction of sp³-hybridized carbons (Fsp3) is 0.143. The number of hydrogen-bond acceptors (Lipinski definition) is 3. The Labute approximate surface area is 105 Å². The second-order valence-electron chi connectivity index (χ2n) is 3.91. The van der Waals surface area contributed by atoms with Crippen molar-refractivity contribution in [2.75, 3.05) is 5.32 Å². The molecule has 0 aromatic heterocycles. The second-order valence-corrected chi connectivity index (χ2v) is 3.91. The first-order valence-electron chi connectivity index (χ1n) is 5.68. The molecule has 1 heterocycles. The summed E-state index contributed by atoms with van der Waals surface area (Å²) >= 11 is 0. The molecule has 0 amide bonds. The van der Waals surface area contributed by atoms with E-state index in [-0.39, 0.29) is 0 Å². The largest absolute Gasteiger partial charge is 0.481 e. The molecule has 0 bridgehead atoms. The average molecular weight is 242 g/mol. The van der Waals surface area contributed by atoms with Crippen LogP contribution in [0.5, 0.6) is 0 Å². The summed E-state index contributed by atoms with van der Waals surface area (Å²) in [7, 11) is 0. The lowest BCUT2D eigenvalue weighted by Gasteiger charge is -2.20. The molecule has 2 N–H and O–H groups in total. The number of carboxylic acid groups (broad SMARTS) is 1. The van der Waals surface area contributed by atoms with Crippen molar-refractivity contribution in [2.45, 2.75) is 13.3 Å². The highest BCUT2D eigenvalue weighted by Gasteiger charge is 2.14. The number of para-hydroxylation sites is 2. The van der Waals surface area contributed by atoms with Gasteiger partial charge >= 0.3 is 0 Å². The average Bonchev–Trinajstić information content (AvgIpc) is 2.35. The Morgan fingerprint density at radius 1 is 1.39 bits per heavy atom. The molecule has 0 unspecified atom stereocenters. The summed E-state index contributed by atoms with van der Waals surface area (Å²) in [6.45, 7) is 1.08. The van der Waals surface area contributed by atoms with Crippen molar-refractivity contribution in [3.63, 3.8) is 0 Å². The predicted molar refractivity (Wildman–Crippen MR) is 72.3 cm³/mol. The van der Waals surface area contributed by atoms with Crippen molar-refractivity contribution >= 4 is 23.1 Å². The number of nitrogens with one attached hydrogen (secondary N) is 1. The first kappa shape index (κ1) is 12.1. The van der Waals surface area contributed by atoms with E-state index < -0.39 is 5.97 Å². The minimum atomic E-state index is -0.833. The lowest BCUT2D eigenvalue weighted by atomic mass is 10.1. The van der Waals surface area contributed by atoms with Gasteiger partial charge in [0.15, 0.2) is 0 Å². The van der Waals surface area contributed by atoms with Crippen LogP contribution in [0.15, 0.2) is 53.2 Å². The van der Waals surface area contributed by atoms with Crippen LogP contribution in [-0.4, -0.2) is 16.8 Å². The summed E-state index contributed by atoms with van der Waals surface area (Å²) < 4.78 is 0. The van der Waals surface area contributed by atoms with Gasteiger partial charge in [-0.25, -0.2) is 4.99 Å². The summed E-state index contributed by atoms with van der Waals surface area (Å²) in [5.74, 6) is -0.833.